The number of nitrogens with one attached hydrogen (secondary N) is 1. The second-order valence-electron chi connectivity index (χ2n) is 5.72. The highest BCUT2D eigenvalue weighted by Crippen LogP contribution is 2.37. The van der Waals surface area contributed by atoms with Crippen molar-refractivity contribution in [3.8, 4) is 6.07 Å². The predicted octanol–water partition coefficient (Wildman–Crippen LogP) is 3.34. The summed E-state index contributed by atoms with van der Waals surface area (Å²) >= 11 is 1.67. The molecule has 1 N–H and O–H groups in total. The molecule has 24 heavy (non-hydrogen) atoms. The number of anilines is 1. The van der Waals surface area contributed by atoms with E-state index in [0.717, 1.165) is 16.9 Å². The second-order valence-corrected chi connectivity index (χ2v) is 6.76. The minimum absolute atomic E-state index is 0.00945. The minimum Gasteiger partial charge on any atom is -0.311 e. The van der Waals surface area contributed by atoms with Crippen LogP contribution in [-0.2, 0) is 11.3 Å². The van der Waals surface area contributed by atoms with E-state index in [9.17, 15) is 4.79 Å². The number of nitriles is 1. The third-order valence-corrected chi connectivity index (χ3v) is 5.08. The molecule has 1 amide bonds. The molecule has 5 nitrogen and oxygen atoms in total. The third kappa shape index (κ3) is 2.59. The zero-order valence-corrected chi connectivity index (χ0v) is 13.6. The molecule has 4 rings (SSSR count). The SMILES string of the molecule is N#Cc1ccc(C2CC(=O)Nc3c2cnn3Cc2cccs2)cc1. The lowest BCUT2D eigenvalue weighted by atomic mass is 9.87. The van der Waals surface area contributed by atoms with Gasteiger partial charge in [-0.1, -0.05) is 18.2 Å². The van der Waals surface area contributed by atoms with Crippen LogP contribution in [0, 0.1) is 11.3 Å². The zero-order chi connectivity index (χ0) is 16.5. The molecule has 0 saturated heterocycles. The first-order valence-electron chi connectivity index (χ1n) is 7.62. The molecule has 1 aliphatic rings. The van der Waals surface area contributed by atoms with Crippen molar-refractivity contribution in [1.29, 1.82) is 5.26 Å². The summed E-state index contributed by atoms with van der Waals surface area (Å²) in [7, 11) is 0. The standard InChI is InChI=1S/C18H14N4OS/c19-9-12-3-5-13(6-4-12)15-8-17(23)21-18-16(15)10-20-22(18)11-14-2-1-7-24-14/h1-7,10,15H,8,11H2,(H,21,23). The highest BCUT2D eigenvalue weighted by Gasteiger charge is 2.29. The lowest BCUT2D eigenvalue weighted by molar-refractivity contribution is -0.116. The second kappa shape index (κ2) is 5.95. The van der Waals surface area contributed by atoms with Gasteiger partial charge in [-0.15, -0.1) is 11.3 Å². The molecule has 3 aromatic rings. The number of carbonyl (C=O) groups is 1. The summed E-state index contributed by atoms with van der Waals surface area (Å²) in [5.74, 6) is 0.734. The summed E-state index contributed by atoms with van der Waals surface area (Å²) in [6, 6.07) is 13.6. The van der Waals surface area contributed by atoms with Gasteiger partial charge in [-0.2, -0.15) is 10.4 Å². The number of benzene rings is 1. The number of nitrogens with zero attached hydrogens (tertiary/aromatic N) is 3. The van der Waals surface area contributed by atoms with E-state index in [-0.39, 0.29) is 11.8 Å². The Balaban J connectivity index is 1.70. The van der Waals surface area contributed by atoms with Crippen LogP contribution in [0.15, 0.2) is 48.0 Å². The van der Waals surface area contributed by atoms with E-state index >= 15 is 0 Å². The fraction of sp³-hybridized carbons (Fsp3) is 0.167. The van der Waals surface area contributed by atoms with E-state index in [1.807, 2.05) is 34.5 Å². The van der Waals surface area contributed by atoms with Gasteiger partial charge in [0.15, 0.2) is 0 Å². The highest BCUT2D eigenvalue weighted by atomic mass is 32.1. The van der Waals surface area contributed by atoms with Gasteiger partial charge in [0, 0.05) is 22.8 Å². The highest BCUT2D eigenvalue weighted by molar-refractivity contribution is 7.09. The molecule has 0 bridgehead atoms. The van der Waals surface area contributed by atoms with Crippen LogP contribution < -0.4 is 5.32 Å². The largest absolute Gasteiger partial charge is 0.311 e. The summed E-state index contributed by atoms with van der Waals surface area (Å²) in [6.07, 6.45) is 2.23. The van der Waals surface area contributed by atoms with Crippen molar-refractivity contribution in [2.75, 3.05) is 5.32 Å². The first-order chi connectivity index (χ1) is 11.7. The van der Waals surface area contributed by atoms with Crippen molar-refractivity contribution in [2.24, 2.45) is 0 Å². The fourth-order valence-electron chi connectivity index (χ4n) is 3.03. The molecule has 1 aliphatic heterocycles. The molecule has 0 fully saturated rings. The monoisotopic (exact) mass is 334 g/mol. The van der Waals surface area contributed by atoms with Crippen molar-refractivity contribution in [3.05, 3.63) is 69.5 Å². The average Bonchev–Trinajstić information content (AvgIpc) is 3.25. The minimum atomic E-state index is -0.0291. The van der Waals surface area contributed by atoms with Crippen LogP contribution in [0.4, 0.5) is 5.82 Å². The fourth-order valence-corrected chi connectivity index (χ4v) is 3.71. The van der Waals surface area contributed by atoms with Crippen LogP contribution in [0.5, 0.6) is 0 Å². The quantitative estimate of drug-likeness (QED) is 0.798. The van der Waals surface area contributed by atoms with E-state index in [1.54, 1.807) is 23.5 Å². The Labute approximate surface area is 143 Å². The van der Waals surface area contributed by atoms with Crippen molar-refractivity contribution in [3.63, 3.8) is 0 Å². The third-order valence-electron chi connectivity index (χ3n) is 4.22. The Morgan fingerprint density at radius 2 is 2.17 bits per heavy atom. The first kappa shape index (κ1) is 14.7. The molecule has 2 aromatic heterocycles. The Kier molecular flexibility index (Phi) is 3.63. The predicted molar refractivity (Wildman–Crippen MR) is 91.9 cm³/mol. The number of fused-ring (bicyclic) bond motifs is 1. The summed E-state index contributed by atoms with van der Waals surface area (Å²) < 4.78 is 1.84. The lowest BCUT2D eigenvalue weighted by Crippen LogP contribution is -2.25. The molecule has 1 aromatic carbocycles. The number of hydrogen-bond donors (Lipinski definition) is 1. The van der Waals surface area contributed by atoms with E-state index in [0.29, 0.717) is 18.5 Å². The molecular formula is C18H14N4OS. The molecule has 6 heteroatoms. The van der Waals surface area contributed by atoms with Gasteiger partial charge in [0.05, 0.1) is 24.4 Å². The number of thiophene rings is 1. The number of hydrogen-bond acceptors (Lipinski definition) is 4. The van der Waals surface area contributed by atoms with Crippen LogP contribution in [0.1, 0.15) is 33.9 Å². The molecule has 0 spiro atoms. The van der Waals surface area contributed by atoms with Gasteiger partial charge in [0.1, 0.15) is 5.82 Å². The van der Waals surface area contributed by atoms with Gasteiger partial charge in [0.25, 0.3) is 0 Å². The van der Waals surface area contributed by atoms with Crippen molar-refractivity contribution >= 4 is 23.1 Å². The molecule has 0 aliphatic carbocycles. The van der Waals surface area contributed by atoms with Gasteiger partial charge in [-0.05, 0) is 29.1 Å². The number of amides is 1. The molecule has 1 atom stereocenters. The Morgan fingerprint density at radius 3 is 2.88 bits per heavy atom. The van der Waals surface area contributed by atoms with E-state index in [2.05, 4.69) is 22.6 Å². The number of rotatable bonds is 3. The van der Waals surface area contributed by atoms with Gasteiger partial charge < -0.3 is 5.32 Å². The molecular weight excluding hydrogens is 320 g/mol. The van der Waals surface area contributed by atoms with Gasteiger partial charge in [-0.3, -0.25) is 4.79 Å². The number of carbonyl (C=O) groups excluding carboxylic acids is 1. The average molecular weight is 334 g/mol. The normalized spacial score (nSPS) is 16.3. The topological polar surface area (TPSA) is 70.7 Å². The maximum Gasteiger partial charge on any atom is 0.226 e. The lowest BCUT2D eigenvalue weighted by Gasteiger charge is -2.23. The molecule has 0 saturated carbocycles. The van der Waals surface area contributed by atoms with Gasteiger partial charge >= 0.3 is 0 Å². The van der Waals surface area contributed by atoms with E-state index in [1.165, 1.54) is 4.88 Å². The van der Waals surface area contributed by atoms with Crippen LogP contribution in [0.25, 0.3) is 0 Å². The van der Waals surface area contributed by atoms with E-state index < -0.39 is 0 Å². The Bertz CT molecular complexity index is 919. The van der Waals surface area contributed by atoms with Gasteiger partial charge in [0.2, 0.25) is 5.91 Å². The van der Waals surface area contributed by atoms with Crippen molar-refractivity contribution in [1.82, 2.24) is 9.78 Å². The molecule has 1 unspecified atom stereocenters. The zero-order valence-electron chi connectivity index (χ0n) is 12.8. The van der Waals surface area contributed by atoms with E-state index in [4.69, 9.17) is 5.26 Å². The molecule has 118 valence electrons. The maximum atomic E-state index is 12.2. The molecule has 3 heterocycles. The first-order valence-corrected chi connectivity index (χ1v) is 8.50. The summed E-state index contributed by atoms with van der Waals surface area (Å²) in [5, 5.41) is 18.4. The van der Waals surface area contributed by atoms with Crippen LogP contribution >= 0.6 is 11.3 Å². The van der Waals surface area contributed by atoms with Crippen molar-refractivity contribution in [2.45, 2.75) is 18.9 Å². The Morgan fingerprint density at radius 1 is 1.33 bits per heavy atom. The van der Waals surface area contributed by atoms with Crippen molar-refractivity contribution < 1.29 is 4.79 Å². The summed E-state index contributed by atoms with van der Waals surface area (Å²) in [5.41, 5.74) is 2.67. The van der Waals surface area contributed by atoms with Crippen LogP contribution in [0.3, 0.4) is 0 Å². The number of aromatic nitrogens is 2. The molecule has 0 radical (unpaired) electrons. The summed E-state index contributed by atoms with van der Waals surface area (Å²) in [6.45, 7) is 0.646. The van der Waals surface area contributed by atoms with Crippen LogP contribution in [-0.4, -0.2) is 15.7 Å². The van der Waals surface area contributed by atoms with Crippen LogP contribution in [0.2, 0.25) is 0 Å². The van der Waals surface area contributed by atoms with Gasteiger partial charge in [-0.25, -0.2) is 4.68 Å². The Hall–Kier alpha value is -2.91. The smallest absolute Gasteiger partial charge is 0.226 e. The summed E-state index contributed by atoms with van der Waals surface area (Å²) in [4.78, 5) is 13.4. The maximum absolute atomic E-state index is 12.2.